The topological polar surface area (TPSA) is 78.5 Å². The number of carbonyl (C=O) groups excluding carboxylic acids is 1. The SMILES string of the molecule is CC1CNCCC1NC(=O)c1sccc1S(=O)(=O)N(C)C. The first kappa shape index (κ1) is 16.4. The third-order valence-corrected chi connectivity index (χ3v) is 6.60. The summed E-state index contributed by atoms with van der Waals surface area (Å²) in [5, 5.41) is 7.88. The normalized spacial score (nSPS) is 23.2. The maximum Gasteiger partial charge on any atom is 0.262 e. The van der Waals surface area contributed by atoms with Gasteiger partial charge in [0.15, 0.2) is 0 Å². The zero-order valence-electron chi connectivity index (χ0n) is 12.4. The summed E-state index contributed by atoms with van der Waals surface area (Å²) in [6.45, 7) is 3.80. The van der Waals surface area contributed by atoms with Gasteiger partial charge >= 0.3 is 0 Å². The standard InChI is InChI=1S/C13H21N3O3S2/c1-9-8-14-6-4-10(9)15-13(17)12-11(5-7-20-12)21(18,19)16(2)3/h5,7,9-10,14H,4,6,8H2,1-3H3,(H,15,17). The lowest BCUT2D eigenvalue weighted by molar-refractivity contribution is 0.0915. The van der Waals surface area contributed by atoms with E-state index in [0.29, 0.717) is 5.92 Å². The molecule has 0 saturated carbocycles. The first-order valence-electron chi connectivity index (χ1n) is 6.85. The molecular weight excluding hydrogens is 310 g/mol. The van der Waals surface area contributed by atoms with Gasteiger partial charge in [-0.2, -0.15) is 0 Å². The fourth-order valence-corrected chi connectivity index (χ4v) is 4.52. The van der Waals surface area contributed by atoms with Crippen LogP contribution in [-0.4, -0.2) is 51.9 Å². The number of thiophene rings is 1. The summed E-state index contributed by atoms with van der Waals surface area (Å²) in [6, 6.07) is 1.57. The number of carbonyl (C=O) groups is 1. The minimum atomic E-state index is -3.59. The predicted octanol–water partition coefficient (Wildman–Crippen LogP) is 0.726. The van der Waals surface area contributed by atoms with Gasteiger partial charge in [0, 0.05) is 20.1 Å². The van der Waals surface area contributed by atoms with Crippen LogP contribution in [0, 0.1) is 5.92 Å². The van der Waals surface area contributed by atoms with E-state index in [0.717, 1.165) is 35.2 Å². The molecule has 6 nitrogen and oxygen atoms in total. The Morgan fingerprint density at radius 3 is 2.81 bits per heavy atom. The van der Waals surface area contributed by atoms with Crippen molar-refractivity contribution in [3.8, 4) is 0 Å². The van der Waals surface area contributed by atoms with Crippen LogP contribution in [0.4, 0.5) is 0 Å². The highest BCUT2D eigenvalue weighted by molar-refractivity contribution is 7.89. The Morgan fingerprint density at radius 2 is 2.19 bits per heavy atom. The Morgan fingerprint density at radius 1 is 1.48 bits per heavy atom. The van der Waals surface area contributed by atoms with Crippen molar-refractivity contribution in [1.29, 1.82) is 0 Å². The Bertz CT molecular complexity index is 610. The van der Waals surface area contributed by atoms with E-state index in [2.05, 4.69) is 17.6 Å². The first-order chi connectivity index (χ1) is 9.84. The molecule has 1 aromatic rings. The Kier molecular flexibility index (Phi) is 5.03. The van der Waals surface area contributed by atoms with Crippen LogP contribution in [0.25, 0.3) is 0 Å². The molecule has 2 N–H and O–H groups in total. The average Bonchev–Trinajstić information content (AvgIpc) is 2.91. The predicted molar refractivity (Wildman–Crippen MR) is 83.1 cm³/mol. The molecule has 21 heavy (non-hydrogen) atoms. The number of nitrogens with zero attached hydrogens (tertiary/aromatic N) is 1. The highest BCUT2D eigenvalue weighted by Crippen LogP contribution is 2.24. The van der Waals surface area contributed by atoms with Crippen molar-refractivity contribution in [2.24, 2.45) is 5.92 Å². The quantitative estimate of drug-likeness (QED) is 0.852. The minimum absolute atomic E-state index is 0.0794. The zero-order valence-corrected chi connectivity index (χ0v) is 14.1. The van der Waals surface area contributed by atoms with Crippen LogP contribution in [-0.2, 0) is 10.0 Å². The third-order valence-electron chi connectivity index (χ3n) is 3.70. The van der Waals surface area contributed by atoms with E-state index in [4.69, 9.17) is 0 Å². The molecule has 1 fully saturated rings. The summed E-state index contributed by atoms with van der Waals surface area (Å²) >= 11 is 1.16. The van der Waals surface area contributed by atoms with Gasteiger partial charge in [0.05, 0.1) is 0 Å². The molecule has 0 bridgehead atoms. The molecule has 2 rings (SSSR count). The van der Waals surface area contributed by atoms with Gasteiger partial charge in [0.1, 0.15) is 9.77 Å². The van der Waals surface area contributed by atoms with E-state index in [-0.39, 0.29) is 21.7 Å². The highest BCUT2D eigenvalue weighted by Gasteiger charge is 2.29. The maximum absolute atomic E-state index is 12.4. The summed E-state index contributed by atoms with van der Waals surface area (Å²) in [7, 11) is -0.669. The summed E-state index contributed by atoms with van der Waals surface area (Å²) < 4.78 is 25.6. The van der Waals surface area contributed by atoms with E-state index in [9.17, 15) is 13.2 Å². The second-order valence-electron chi connectivity index (χ2n) is 5.45. The van der Waals surface area contributed by atoms with Gasteiger partial charge in [0.2, 0.25) is 10.0 Å². The molecule has 2 unspecified atom stereocenters. The summed E-state index contributed by atoms with van der Waals surface area (Å²) in [4.78, 5) is 12.7. The molecule has 1 aliphatic heterocycles. The van der Waals surface area contributed by atoms with E-state index in [1.807, 2.05) is 0 Å². The number of hydrogen-bond acceptors (Lipinski definition) is 5. The molecule has 0 radical (unpaired) electrons. The van der Waals surface area contributed by atoms with Crippen molar-refractivity contribution < 1.29 is 13.2 Å². The van der Waals surface area contributed by atoms with Gasteiger partial charge < -0.3 is 10.6 Å². The molecule has 1 saturated heterocycles. The van der Waals surface area contributed by atoms with Crippen molar-refractivity contribution in [2.75, 3.05) is 27.2 Å². The van der Waals surface area contributed by atoms with E-state index in [1.165, 1.54) is 20.2 Å². The van der Waals surface area contributed by atoms with Gasteiger partial charge in [-0.3, -0.25) is 4.79 Å². The van der Waals surface area contributed by atoms with Gasteiger partial charge in [0.25, 0.3) is 5.91 Å². The largest absolute Gasteiger partial charge is 0.348 e. The van der Waals surface area contributed by atoms with Gasteiger partial charge in [-0.25, -0.2) is 12.7 Å². The monoisotopic (exact) mass is 331 g/mol. The molecule has 1 amide bonds. The molecule has 0 aliphatic carbocycles. The number of nitrogens with one attached hydrogen (secondary N) is 2. The second kappa shape index (κ2) is 6.43. The van der Waals surface area contributed by atoms with Crippen LogP contribution in [0.2, 0.25) is 0 Å². The zero-order chi connectivity index (χ0) is 15.6. The van der Waals surface area contributed by atoms with Crippen LogP contribution < -0.4 is 10.6 Å². The van der Waals surface area contributed by atoms with Gasteiger partial charge in [-0.1, -0.05) is 6.92 Å². The summed E-state index contributed by atoms with van der Waals surface area (Å²) in [6.07, 6.45) is 0.855. The average molecular weight is 331 g/mol. The molecule has 1 aromatic heterocycles. The van der Waals surface area contributed by atoms with E-state index >= 15 is 0 Å². The fourth-order valence-electron chi connectivity index (χ4n) is 2.33. The smallest absolute Gasteiger partial charge is 0.262 e. The number of amides is 1. The number of piperidine rings is 1. The molecule has 2 heterocycles. The molecule has 0 aromatic carbocycles. The highest BCUT2D eigenvalue weighted by atomic mass is 32.2. The van der Waals surface area contributed by atoms with Crippen molar-refractivity contribution in [2.45, 2.75) is 24.3 Å². The molecule has 8 heteroatoms. The number of rotatable bonds is 4. The van der Waals surface area contributed by atoms with Crippen molar-refractivity contribution in [3.63, 3.8) is 0 Å². The molecule has 1 aliphatic rings. The number of sulfonamides is 1. The maximum atomic E-state index is 12.4. The van der Waals surface area contributed by atoms with Gasteiger partial charge in [-0.05, 0) is 36.9 Å². The Hall–Kier alpha value is -0.960. The Balaban J connectivity index is 2.19. The van der Waals surface area contributed by atoms with Gasteiger partial charge in [-0.15, -0.1) is 11.3 Å². The van der Waals surface area contributed by atoms with Crippen molar-refractivity contribution in [3.05, 3.63) is 16.3 Å². The fraction of sp³-hybridized carbons (Fsp3) is 0.615. The van der Waals surface area contributed by atoms with E-state index in [1.54, 1.807) is 5.38 Å². The van der Waals surface area contributed by atoms with Crippen LogP contribution in [0.5, 0.6) is 0 Å². The summed E-state index contributed by atoms with van der Waals surface area (Å²) in [5.74, 6) is 0.0285. The number of hydrogen-bond donors (Lipinski definition) is 2. The molecular formula is C13H21N3O3S2. The van der Waals surface area contributed by atoms with Crippen molar-refractivity contribution in [1.82, 2.24) is 14.9 Å². The Labute approximate surface area is 129 Å². The lowest BCUT2D eigenvalue weighted by Crippen LogP contribution is -2.48. The second-order valence-corrected chi connectivity index (χ2v) is 8.49. The van der Waals surface area contributed by atoms with Crippen LogP contribution in [0.15, 0.2) is 16.3 Å². The molecule has 0 spiro atoms. The van der Waals surface area contributed by atoms with Crippen LogP contribution in [0.1, 0.15) is 23.0 Å². The lowest BCUT2D eigenvalue weighted by Gasteiger charge is -2.30. The lowest BCUT2D eigenvalue weighted by atomic mass is 9.95. The third kappa shape index (κ3) is 3.45. The minimum Gasteiger partial charge on any atom is -0.348 e. The van der Waals surface area contributed by atoms with Crippen molar-refractivity contribution >= 4 is 27.3 Å². The summed E-state index contributed by atoms with van der Waals surface area (Å²) in [5.41, 5.74) is 0. The first-order valence-corrected chi connectivity index (χ1v) is 9.17. The molecule has 2 atom stereocenters. The van der Waals surface area contributed by atoms with Crippen LogP contribution >= 0.6 is 11.3 Å². The molecule has 118 valence electrons. The van der Waals surface area contributed by atoms with E-state index < -0.39 is 10.0 Å². The van der Waals surface area contributed by atoms with Crippen LogP contribution in [0.3, 0.4) is 0 Å².